The number of carbonyl (C=O) groups is 1. The summed E-state index contributed by atoms with van der Waals surface area (Å²) < 4.78 is 4.96. The lowest BCUT2D eigenvalue weighted by atomic mass is 9.99. The zero-order valence-corrected chi connectivity index (χ0v) is 13.3. The highest BCUT2D eigenvalue weighted by molar-refractivity contribution is 7.99. The van der Waals surface area contributed by atoms with Crippen molar-refractivity contribution in [2.24, 2.45) is 0 Å². The van der Waals surface area contributed by atoms with Gasteiger partial charge in [-0.2, -0.15) is 0 Å². The van der Waals surface area contributed by atoms with Gasteiger partial charge in [0.25, 0.3) is 0 Å². The number of thioether (sulfide) groups is 1. The number of aryl methyl sites for hydroxylation is 1. The van der Waals surface area contributed by atoms with Crippen molar-refractivity contribution < 1.29 is 9.53 Å². The molecule has 1 saturated carbocycles. The molecule has 110 valence electrons. The number of hydrogen-bond donors (Lipinski definition) is 1. The van der Waals surface area contributed by atoms with Crippen molar-refractivity contribution in [3.8, 4) is 0 Å². The van der Waals surface area contributed by atoms with E-state index in [0.717, 1.165) is 25.0 Å². The maximum Gasteiger partial charge on any atom is 0.325 e. The lowest BCUT2D eigenvalue weighted by Gasteiger charge is -2.28. The second-order valence-electron chi connectivity index (χ2n) is 5.61. The summed E-state index contributed by atoms with van der Waals surface area (Å²) in [6.45, 7) is 4.07. The van der Waals surface area contributed by atoms with Crippen LogP contribution in [0.15, 0.2) is 29.2 Å². The van der Waals surface area contributed by atoms with Crippen LogP contribution in [-0.4, -0.2) is 30.4 Å². The summed E-state index contributed by atoms with van der Waals surface area (Å²) in [6.07, 6.45) is 3.10. The van der Waals surface area contributed by atoms with Gasteiger partial charge in [0.2, 0.25) is 0 Å². The standard InChI is InChI=1S/C16H23NO2S/c1-12-6-4-5-7-14(12)20-11-10-16(2,15(18)19-3)17-13-8-9-13/h4-7,13,17H,8-11H2,1-3H3. The lowest BCUT2D eigenvalue weighted by Crippen LogP contribution is -2.51. The molecule has 2 rings (SSSR count). The Morgan fingerprint density at radius 1 is 1.45 bits per heavy atom. The molecule has 0 spiro atoms. The van der Waals surface area contributed by atoms with Crippen molar-refractivity contribution in [1.29, 1.82) is 0 Å². The molecule has 1 unspecified atom stereocenters. The largest absolute Gasteiger partial charge is 0.468 e. The van der Waals surface area contributed by atoms with Gasteiger partial charge in [0.05, 0.1) is 7.11 Å². The summed E-state index contributed by atoms with van der Waals surface area (Å²) in [4.78, 5) is 13.3. The van der Waals surface area contributed by atoms with Gasteiger partial charge in [0.1, 0.15) is 5.54 Å². The van der Waals surface area contributed by atoms with E-state index in [9.17, 15) is 4.79 Å². The molecule has 1 aliphatic carbocycles. The minimum absolute atomic E-state index is 0.158. The number of rotatable bonds is 7. The predicted molar refractivity (Wildman–Crippen MR) is 83.1 cm³/mol. The molecule has 1 atom stereocenters. The number of methoxy groups -OCH3 is 1. The van der Waals surface area contributed by atoms with E-state index in [2.05, 4.69) is 30.4 Å². The van der Waals surface area contributed by atoms with Gasteiger partial charge in [0.15, 0.2) is 0 Å². The van der Waals surface area contributed by atoms with E-state index in [0.29, 0.717) is 6.04 Å². The number of nitrogens with one attached hydrogen (secondary N) is 1. The van der Waals surface area contributed by atoms with Gasteiger partial charge in [-0.1, -0.05) is 18.2 Å². The highest BCUT2D eigenvalue weighted by atomic mass is 32.2. The Labute approximate surface area is 125 Å². The van der Waals surface area contributed by atoms with Gasteiger partial charge in [-0.15, -0.1) is 11.8 Å². The van der Waals surface area contributed by atoms with Crippen LogP contribution in [0.2, 0.25) is 0 Å². The molecule has 0 aliphatic heterocycles. The van der Waals surface area contributed by atoms with Crippen molar-refractivity contribution in [3.05, 3.63) is 29.8 Å². The lowest BCUT2D eigenvalue weighted by molar-refractivity contribution is -0.148. The Hall–Kier alpha value is -1.00. The molecule has 0 saturated heterocycles. The quantitative estimate of drug-likeness (QED) is 0.619. The Kier molecular flexibility index (Phi) is 5.11. The molecule has 4 heteroatoms. The zero-order valence-electron chi connectivity index (χ0n) is 12.4. The fourth-order valence-corrected chi connectivity index (χ4v) is 3.42. The van der Waals surface area contributed by atoms with Gasteiger partial charge in [-0.3, -0.25) is 10.1 Å². The molecule has 1 fully saturated rings. The molecule has 1 aromatic rings. The van der Waals surface area contributed by atoms with Crippen LogP contribution in [0.5, 0.6) is 0 Å². The van der Waals surface area contributed by atoms with Crippen LogP contribution in [0.1, 0.15) is 31.7 Å². The predicted octanol–water partition coefficient (Wildman–Crippen LogP) is 3.16. The smallest absolute Gasteiger partial charge is 0.325 e. The maximum absolute atomic E-state index is 12.0. The van der Waals surface area contributed by atoms with Crippen LogP contribution < -0.4 is 5.32 Å². The van der Waals surface area contributed by atoms with E-state index in [-0.39, 0.29) is 5.97 Å². The molecule has 1 aromatic carbocycles. The Morgan fingerprint density at radius 3 is 2.75 bits per heavy atom. The third-order valence-electron chi connectivity index (χ3n) is 3.69. The van der Waals surface area contributed by atoms with Crippen molar-refractivity contribution in [2.45, 2.75) is 49.6 Å². The van der Waals surface area contributed by atoms with E-state index in [1.807, 2.05) is 13.0 Å². The molecule has 0 amide bonds. The van der Waals surface area contributed by atoms with Gasteiger partial charge < -0.3 is 4.74 Å². The Morgan fingerprint density at radius 2 is 2.15 bits per heavy atom. The fraction of sp³-hybridized carbons (Fsp3) is 0.562. The van der Waals surface area contributed by atoms with E-state index in [4.69, 9.17) is 4.74 Å². The van der Waals surface area contributed by atoms with E-state index in [1.165, 1.54) is 17.6 Å². The number of benzene rings is 1. The summed E-state index contributed by atoms with van der Waals surface area (Å²) >= 11 is 1.80. The molecule has 0 aromatic heterocycles. The highest BCUT2D eigenvalue weighted by Crippen LogP contribution is 2.28. The zero-order chi connectivity index (χ0) is 14.6. The molecule has 1 aliphatic rings. The second kappa shape index (κ2) is 6.64. The summed E-state index contributed by atoms with van der Waals surface area (Å²) in [6, 6.07) is 8.83. The number of carbonyl (C=O) groups excluding carboxylic acids is 1. The first kappa shape index (κ1) is 15.4. The summed E-state index contributed by atoms with van der Waals surface area (Å²) in [5.41, 5.74) is 0.721. The van der Waals surface area contributed by atoms with E-state index in [1.54, 1.807) is 11.8 Å². The van der Waals surface area contributed by atoms with Crippen molar-refractivity contribution in [2.75, 3.05) is 12.9 Å². The van der Waals surface area contributed by atoms with Crippen LogP contribution in [0.3, 0.4) is 0 Å². The van der Waals surface area contributed by atoms with Gasteiger partial charge in [0, 0.05) is 16.7 Å². The molecule has 0 bridgehead atoms. The fourth-order valence-electron chi connectivity index (χ4n) is 2.22. The first-order valence-electron chi connectivity index (χ1n) is 7.10. The number of esters is 1. The Bertz CT molecular complexity index is 473. The number of ether oxygens (including phenoxy) is 1. The normalized spacial score (nSPS) is 17.6. The first-order valence-corrected chi connectivity index (χ1v) is 8.08. The van der Waals surface area contributed by atoms with Gasteiger partial charge >= 0.3 is 5.97 Å². The summed E-state index contributed by atoms with van der Waals surface area (Å²) in [5, 5.41) is 3.43. The second-order valence-corrected chi connectivity index (χ2v) is 6.74. The molecular weight excluding hydrogens is 270 g/mol. The minimum Gasteiger partial charge on any atom is -0.468 e. The first-order chi connectivity index (χ1) is 9.55. The van der Waals surface area contributed by atoms with Gasteiger partial charge in [-0.25, -0.2) is 0 Å². The maximum atomic E-state index is 12.0. The topological polar surface area (TPSA) is 38.3 Å². The third kappa shape index (κ3) is 4.00. The molecule has 1 N–H and O–H groups in total. The van der Waals surface area contributed by atoms with Crippen LogP contribution in [0.4, 0.5) is 0 Å². The molecule has 3 nitrogen and oxygen atoms in total. The van der Waals surface area contributed by atoms with Gasteiger partial charge in [-0.05, 0) is 44.7 Å². The summed E-state index contributed by atoms with van der Waals surface area (Å²) in [7, 11) is 1.46. The molecule has 0 heterocycles. The Balaban J connectivity index is 1.91. The average molecular weight is 293 g/mol. The highest BCUT2D eigenvalue weighted by Gasteiger charge is 2.38. The van der Waals surface area contributed by atoms with Crippen LogP contribution in [0.25, 0.3) is 0 Å². The van der Waals surface area contributed by atoms with E-state index < -0.39 is 5.54 Å². The van der Waals surface area contributed by atoms with Crippen molar-refractivity contribution in [1.82, 2.24) is 5.32 Å². The summed E-state index contributed by atoms with van der Waals surface area (Å²) in [5.74, 6) is 0.741. The van der Waals surface area contributed by atoms with Crippen LogP contribution in [-0.2, 0) is 9.53 Å². The van der Waals surface area contributed by atoms with Crippen molar-refractivity contribution >= 4 is 17.7 Å². The number of hydrogen-bond acceptors (Lipinski definition) is 4. The monoisotopic (exact) mass is 293 g/mol. The van der Waals surface area contributed by atoms with Crippen LogP contribution in [0, 0.1) is 6.92 Å². The molecule has 20 heavy (non-hydrogen) atoms. The molecular formula is C16H23NO2S. The SMILES string of the molecule is COC(=O)C(C)(CCSc1ccccc1C)NC1CC1. The van der Waals surface area contributed by atoms with E-state index >= 15 is 0 Å². The average Bonchev–Trinajstić information content (AvgIpc) is 3.23. The van der Waals surface area contributed by atoms with Crippen molar-refractivity contribution in [3.63, 3.8) is 0 Å². The third-order valence-corrected chi connectivity index (χ3v) is 4.87. The van der Waals surface area contributed by atoms with Crippen LogP contribution >= 0.6 is 11.8 Å². The minimum atomic E-state index is -0.564. The molecule has 0 radical (unpaired) electrons.